The molecule has 1 atom stereocenters. The molecule has 0 saturated carbocycles. The molecule has 190 valence electrons. The van der Waals surface area contributed by atoms with Gasteiger partial charge in [0, 0.05) is 18.9 Å². The van der Waals surface area contributed by atoms with E-state index in [1.165, 1.54) is 18.2 Å². The topological polar surface area (TPSA) is 115 Å². The Morgan fingerprint density at radius 3 is 2.39 bits per heavy atom. The largest absolute Gasteiger partial charge is 0.507 e. The summed E-state index contributed by atoms with van der Waals surface area (Å²) >= 11 is 0. The SMILES string of the molecule is COC(=O)c1ccc(C2/C(=C(\O)c3cnn(-c4ccccc4)c3C)C(=O)C(=O)N2Cc2cccnc2)cc1. The van der Waals surface area contributed by atoms with Crippen LogP contribution in [0.2, 0.25) is 0 Å². The quantitative estimate of drug-likeness (QED) is 0.181. The molecule has 1 fully saturated rings. The number of pyridine rings is 1. The molecule has 1 N–H and O–H groups in total. The number of aliphatic hydroxyl groups is 1. The monoisotopic (exact) mass is 508 g/mol. The first-order valence-electron chi connectivity index (χ1n) is 11.9. The molecule has 3 heterocycles. The van der Waals surface area contributed by atoms with Crippen molar-refractivity contribution in [2.45, 2.75) is 19.5 Å². The molecule has 0 spiro atoms. The van der Waals surface area contributed by atoms with Gasteiger partial charge in [0.05, 0.1) is 47.4 Å². The van der Waals surface area contributed by atoms with Gasteiger partial charge in [0.25, 0.3) is 11.7 Å². The zero-order valence-electron chi connectivity index (χ0n) is 20.7. The van der Waals surface area contributed by atoms with Gasteiger partial charge in [-0.25, -0.2) is 9.48 Å². The number of ether oxygens (including phenoxy) is 1. The fraction of sp³-hybridized carbons (Fsp3) is 0.138. The summed E-state index contributed by atoms with van der Waals surface area (Å²) in [5, 5.41) is 15.9. The molecule has 9 nitrogen and oxygen atoms in total. The number of aromatic nitrogens is 3. The maximum Gasteiger partial charge on any atom is 0.337 e. The summed E-state index contributed by atoms with van der Waals surface area (Å²) in [7, 11) is 1.29. The summed E-state index contributed by atoms with van der Waals surface area (Å²) in [6.07, 6.45) is 4.71. The van der Waals surface area contributed by atoms with Crippen molar-refractivity contribution >= 4 is 23.4 Å². The van der Waals surface area contributed by atoms with Crippen molar-refractivity contribution in [1.82, 2.24) is 19.7 Å². The summed E-state index contributed by atoms with van der Waals surface area (Å²) in [6, 6.07) is 18.4. The Balaban J connectivity index is 1.64. The number of methoxy groups -OCH3 is 1. The summed E-state index contributed by atoms with van der Waals surface area (Å²) in [5.41, 5.74) is 3.27. The number of aliphatic hydroxyl groups excluding tert-OH is 1. The molecule has 4 aromatic rings. The Morgan fingerprint density at radius 2 is 1.74 bits per heavy atom. The molecule has 1 aliphatic rings. The van der Waals surface area contributed by atoms with Gasteiger partial charge in [0.15, 0.2) is 0 Å². The van der Waals surface area contributed by atoms with Crippen molar-refractivity contribution in [3.63, 3.8) is 0 Å². The first-order chi connectivity index (χ1) is 18.4. The number of hydrogen-bond donors (Lipinski definition) is 1. The Morgan fingerprint density at radius 1 is 1.00 bits per heavy atom. The lowest BCUT2D eigenvalue weighted by Crippen LogP contribution is -2.29. The first-order valence-corrected chi connectivity index (χ1v) is 11.9. The average Bonchev–Trinajstić information content (AvgIpc) is 3.46. The zero-order valence-corrected chi connectivity index (χ0v) is 20.7. The number of esters is 1. The van der Waals surface area contributed by atoms with Crippen molar-refractivity contribution in [2.24, 2.45) is 0 Å². The van der Waals surface area contributed by atoms with E-state index in [9.17, 15) is 19.5 Å². The number of likely N-dealkylation sites (tertiary alicyclic amines) is 1. The maximum absolute atomic E-state index is 13.4. The van der Waals surface area contributed by atoms with Crippen LogP contribution in [0.25, 0.3) is 11.4 Å². The number of carbonyl (C=O) groups is 3. The highest BCUT2D eigenvalue weighted by Crippen LogP contribution is 2.41. The van der Waals surface area contributed by atoms with Crippen molar-refractivity contribution in [3.05, 3.63) is 119 Å². The van der Waals surface area contributed by atoms with E-state index >= 15 is 0 Å². The van der Waals surface area contributed by atoms with E-state index in [0.29, 0.717) is 22.4 Å². The second-order valence-corrected chi connectivity index (χ2v) is 8.79. The van der Waals surface area contributed by atoms with Crippen molar-refractivity contribution in [2.75, 3.05) is 7.11 Å². The summed E-state index contributed by atoms with van der Waals surface area (Å²) < 4.78 is 6.44. The summed E-state index contributed by atoms with van der Waals surface area (Å²) in [4.78, 5) is 44.1. The Labute approximate surface area is 218 Å². The van der Waals surface area contributed by atoms with Crippen LogP contribution in [0.5, 0.6) is 0 Å². The molecule has 38 heavy (non-hydrogen) atoms. The van der Waals surface area contributed by atoms with Crippen molar-refractivity contribution in [3.8, 4) is 5.69 Å². The van der Waals surface area contributed by atoms with E-state index in [1.54, 1.807) is 60.4 Å². The standard InChI is InChI=1S/C29H24N4O5/c1-18-23(16-31-33(18)22-8-4-3-5-9-22)26(34)24-25(20-10-12-21(13-11-20)29(37)38-2)32(28(36)27(24)35)17-19-7-6-14-30-15-19/h3-16,25,34H,17H2,1-2H3/b26-24+. The van der Waals surface area contributed by atoms with Crippen LogP contribution < -0.4 is 0 Å². The van der Waals surface area contributed by atoms with Crippen LogP contribution in [0.1, 0.15) is 38.8 Å². The number of para-hydroxylation sites is 1. The lowest BCUT2D eigenvalue weighted by molar-refractivity contribution is -0.140. The van der Waals surface area contributed by atoms with E-state index in [1.807, 2.05) is 30.3 Å². The number of rotatable bonds is 6. The molecule has 5 rings (SSSR count). The third-order valence-corrected chi connectivity index (χ3v) is 6.53. The normalized spacial score (nSPS) is 16.6. The molecule has 9 heteroatoms. The predicted molar refractivity (Wildman–Crippen MR) is 138 cm³/mol. The van der Waals surface area contributed by atoms with Crippen LogP contribution in [0, 0.1) is 6.92 Å². The maximum atomic E-state index is 13.4. The van der Waals surface area contributed by atoms with Gasteiger partial charge in [0.1, 0.15) is 5.76 Å². The second-order valence-electron chi connectivity index (χ2n) is 8.79. The minimum atomic E-state index is -0.902. The van der Waals surface area contributed by atoms with Gasteiger partial charge >= 0.3 is 5.97 Å². The number of nitrogens with zero attached hydrogens (tertiary/aromatic N) is 4. The lowest BCUT2D eigenvalue weighted by atomic mass is 9.94. The van der Waals surface area contributed by atoms with Crippen LogP contribution in [0.4, 0.5) is 0 Å². The zero-order chi connectivity index (χ0) is 26.8. The summed E-state index contributed by atoms with van der Waals surface area (Å²) in [5.74, 6) is -2.38. The second kappa shape index (κ2) is 10.1. The number of carbonyl (C=O) groups excluding carboxylic acids is 3. The molecule has 0 aliphatic carbocycles. The molecule has 1 amide bonds. The van der Waals surface area contributed by atoms with Crippen molar-refractivity contribution in [1.29, 1.82) is 0 Å². The molecule has 1 saturated heterocycles. The molecule has 0 bridgehead atoms. The van der Waals surface area contributed by atoms with Crippen LogP contribution in [-0.4, -0.2) is 49.5 Å². The molecule has 2 aromatic carbocycles. The van der Waals surface area contributed by atoms with Gasteiger partial charge in [0.2, 0.25) is 0 Å². The molecular formula is C29H24N4O5. The van der Waals surface area contributed by atoms with Gasteiger partial charge in [-0.1, -0.05) is 36.4 Å². The molecule has 1 aliphatic heterocycles. The van der Waals surface area contributed by atoms with E-state index in [4.69, 9.17) is 4.74 Å². The fourth-order valence-corrected chi connectivity index (χ4v) is 4.61. The Hall–Kier alpha value is -5.05. The van der Waals surface area contributed by atoms with Gasteiger partial charge < -0.3 is 14.7 Å². The lowest BCUT2D eigenvalue weighted by Gasteiger charge is -2.25. The number of hydrogen-bond acceptors (Lipinski definition) is 7. The highest BCUT2D eigenvalue weighted by atomic mass is 16.5. The van der Waals surface area contributed by atoms with Gasteiger partial charge in [-0.05, 0) is 48.4 Å². The highest BCUT2D eigenvalue weighted by Gasteiger charge is 2.46. The first kappa shape index (κ1) is 24.6. The third-order valence-electron chi connectivity index (χ3n) is 6.53. The van der Waals surface area contributed by atoms with Crippen LogP contribution in [0.3, 0.4) is 0 Å². The Bertz CT molecular complexity index is 1540. The third kappa shape index (κ3) is 4.34. The van der Waals surface area contributed by atoms with Gasteiger partial charge in [-0.15, -0.1) is 0 Å². The van der Waals surface area contributed by atoms with Crippen LogP contribution in [0.15, 0.2) is 90.9 Å². The summed E-state index contributed by atoms with van der Waals surface area (Å²) in [6.45, 7) is 1.88. The van der Waals surface area contributed by atoms with E-state index in [-0.39, 0.29) is 17.9 Å². The van der Waals surface area contributed by atoms with E-state index in [2.05, 4.69) is 10.1 Å². The Kier molecular flexibility index (Phi) is 6.57. The molecule has 2 aromatic heterocycles. The fourth-order valence-electron chi connectivity index (χ4n) is 4.61. The van der Waals surface area contributed by atoms with Gasteiger partial charge in [-0.3, -0.25) is 14.6 Å². The number of Topliss-reactive ketones (excluding diaryl/α,β-unsaturated/α-hetero) is 1. The number of ketones is 1. The predicted octanol–water partition coefficient (Wildman–Crippen LogP) is 3.98. The van der Waals surface area contributed by atoms with Gasteiger partial charge in [-0.2, -0.15) is 5.10 Å². The van der Waals surface area contributed by atoms with E-state index in [0.717, 1.165) is 11.3 Å². The van der Waals surface area contributed by atoms with E-state index < -0.39 is 23.7 Å². The molecular weight excluding hydrogens is 484 g/mol. The van der Waals surface area contributed by atoms with Crippen LogP contribution >= 0.6 is 0 Å². The minimum absolute atomic E-state index is 0.0552. The van der Waals surface area contributed by atoms with Crippen LogP contribution in [-0.2, 0) is 20.9 Å². The average molecular weight is 509 g/mol. The molecule has 1 unspecified atom stereocenters. The number of amides is 1. The number of benzene rings is 2. The smallest absolute Gasteiger partial charge is 0.337 e. The highest BCUT2D eigenvalue weighted by molar-refractivity contribution is 6.46. The molecule has 0 radical (unpaired) electrons. The minimum Gasteiger partial charge on any atom is -0.507 e. The van der Waals surface area contributed by atoms with Crippen molar-refractivity contribution < 1.29 is 24.2 Å².